The molecular formula is C17H17ClN2O. The first kappa shape index (κ1) is 14.1. The Bertz CT molecular complexity index is 731. The lowest BCUT2D eigenvalue weighted by Crippen LogP contribution is -2.25. The summed E-state index contributed by atoms with van der Waals surface area (Å²) in [4.78, 5) is 19.0. The number of amides is 1. The molecule has 3 nitrogen and oxygen atoms in total. The molecule has 0 radical (unpaired) electrons. The zero-order valence-electron chi connectivity index (χ0n) is 12.6. The first-order chi connectivity index (χ1) is 9.90. The number of carbonyl (C=O) groups excluding carboxylic acids is 1. The number of rotatable bonds is 1. The van der Waals surface area contributed by atoms with Crippen molar-refractivity contribution in [3.63, 3.8) is 0 Å². The Kier molecular flexibility index (Phi) is 3.25. The van der Waals surface area contributed by atoms with Gasteiger partial charge >= 0.3 is 0 Å². The summed E-state index contributed by atoms with van der Waals surface area (Å²) in [5.41, 5.74) is 4.76. The maximum atomic E-state index is 12.7. The first-order valence-corrected chi connectivity index (χ1v) is 7.36. The molecule has 2 aromatic rings. The molecule has 108 valence electrons. The van der Waals surface area contributed by atoms with Crippen LogP contribution >= 0.6 is 11.6 Å². The van der Waals surface area contributed by atoms with Gasteiger partial charge in [-0.05, 0) is 57.0 Å². The molecule has 21 heavy (non-hydrogen) atoms. The normalized spacial score (nSPS) is 17.3. The summed E-state index contributed by atoms with van der Waals surface area (Å²) in [5, 5.41) is 0.686. The number of hydrogen-bond acceptors (Lipinski definition) is 2. The third-order valence-electron chi connectivity index (χ3n) is 3.99. The van der Waals surface area contributed by atoms with Gasteiger partial charge in [0, 0.05) is 16.3 Å². The summed E-state index contributed by atoms with van der Waals surface area (Å²) < 4.78 is 0. The lowest BCUT2D eigenvalue weighted by Gasteiger charge is -2.22. The van der Waals surface area contributed by atoms with E-state index >= 15 is 0 Å². The number of fused-ring (bicyclic) bond motifs is 1. The van der Waals surface area contributed by atoms with Crippen molar-refractivity contribution >= 4 is 29.0 Å². The molecule has 0 saturated heterocycles. The van der Waals surface area contributed by atoms with Gasteiger partial charge < -0.3 is 0 Å². The molecular weight excluding hydrogens is 284 g/mol. The van der Waals surface area contributed by atoms with E-state index < -0.39 is 0 Å². The Morgan fingerprint density at radius 3 is 2.38 bits per heavy atom. The highest BCUT2D eigenvalue weighted by atomic mass is 35.5. The van der Waals surface area contributed by atoms with Crippen LogP contribution in [0, 0.1) is 20.8 Å². The number of benzene rings is 1. The van der Waals surface area contributed by atoms with Gasteiger partial charge in [-0.25, -0.2) is 4.98 Å². The van der Waals surface area contributed by atoms with E-state index in [0.29, 0.717) is 5.02 Å². The quantitative estimate of drug-likeness (QED) is 0.780. The Morgan fingerprint density at radius 1 is 1.14 bits per heavy atom. The van der Waals surface area contributed by atoms with Crippen LogP contribution in [-0.4, -0.2) is 10.9 Å². The van der Waals surface area contributed by atoms with Gasteiger partial charge in [-0.2, -0.15) is 0 Å². The number of hydrogen-bond donors (Lipinski definition) is 0. The SMILES string of the molecule is Cc1ccc2c(n1)N(c1c(C)cc(Cl)cc1C)C(=O)C2C. The zero-order chi connectivity index (χ0) is 15.3. The summed E-state index contributed by atoms with van der Waals surface area (Å²) in [6, 6.07) is 7.72. The smallest absolute Gasteiger partial charge is 0.240 e. The Labute approximate surface area is 129 Å². The van der Waals surface area contributed by atoms with Crippen LogP contribution in [-0.2, 0) is 4.79 Å². The number of pyridine rings is 1. The van der Waals surface area contributed by atoms with Gasteiger partial charge in [-0.1, -0.05) is 17.7 Å². The monoisotopic (exact) mass is 300 g/mol. The summed E-state index contributed by atoms with van der Waals surface area (Å²) in [7, 11) is 0. The Balaban J connectivity index is 2.25. The fourth-order valence-corrected chi connectivity index (χ4v) is 3.30. The van der Waals surface area contributed by atoms with Crippen LogP contribution < -0.4 is 4.90 Å². The standard InChI is InChI=1S/C17H17ClN2O/c1-9-7-13(18)8-10(2)15(9)20-16-14(12(4)17(20)21)6-5-11(3)19-16/h5-8,12H,1-4H3. The molecule has 0 bridgehead atoms. The molecule has 1 aliphatic heterocycles. The van der Waals surface area contributed by atoms with E-state index in [9.17, 15) is 4.79 Å². The van der Waals surface area contributed by atoms with Crippen molar-refractivity contribution < 1.29 is 4.79 Å². The van der Waals surface area contributed by atoms with E-state index in [1.54, 1.807) is 4.90 Å². The molecule has 4 heteroatoms. The van der Waals surface area contributed by atoms with Crippen molar-refractivity contribution in [2.24, 2.45) is 0 Å². The van der Waals surface area contributed by atoms with Gasteiger partial charge in [0.25, 0.3) is 0 Å². The highest BCUT2D eigenvalue weighted by Crippen LogP contribution is 2.43. The van der Waals surface area contributed by atoms with Crippen LogP contribution in [0.2, 0.25) is 5.02 Å². The number of halogens is 1. The van der Waals surface area contributed by atoms with Crippen molar-refractivity contribution in [1.29, 1.82) is 0 Å². The lowest BCUT2D eigenvalue weighted by molar-refractivity contribution is -0.118. The van der Waals surface area contributed by atoms with Crippen molar-refractivity contribution in [3.05, 3.63) is 51.7 Å². The van der Waals surface area contributed by atoms with Crippen molar-refractivity contribution in [2.45, 2.75) is 33.6 Å². The van der Waals surface area contributed by atoms with Crippen molar-refractivity contribution in [2.75, 3.05) is 4.90 Å². The van der Waals surface area contributed by atoms with Crippen LogP contribution in [0.4, 0.5) is 11.5 Å². The van der Waals surface area contributed by atoms with E-state index in [1.807, 2.05) is 52.0 Å². The van der Waals surface area contributed by atoms with Crippen molar-refractivity contribution in [3.8, 4) is 0 Å². The molecule has 2 heterocycles. The van der Waals surface area contributed by atoms with Crippen LogP contribution in [0.15, 0.2) is 24.3 Å². The molecule has 1 aromatic heterocycles. The number of aromatic nitrogens is 1. The van der Waals surface area contributed by atoms with Crippen LogP contribution in [0.1, 0.15) is 35.2 Å². The van der Waals surface area contributed by atoms with Gasteiger partial charge in [-0.15, -0.1) is 0 Å². The summed E-state index contributed by atoms with van der Waals surface area (Å²) in [5.74, 6) is 0.653. The second kappa shape index (κ2) is 4.85. The Hall–Kier alpha value is -1.87. The fourth-order valence-electron chi connectivity index (χ4n) is 2.97. The number of carbonyl (C=O) groups is 1. The highest BCUT2D eigenvalue weighted by Gasteiger charge is 2.37. The predicted octanol–water partition coefficient (Wildman–Crippen LogP) is 4.44. The summed E-state index contributed by atoms with van der Waals surface area (Å²) >= 11 is 6.10. The van der Waals surface area contributed by atoms with Crippen LogP contribution in [0.3, 0.4) is 0 Å². The molecule has 3 rings (SSSR count). The summed E-state index contributed by atoms with van der Waals surface area (Å²) in [6.07, 6.45) is 0. The zero-order valence-corrected chi connectivity index (χ0v) is 13.3. The second-order valence-electron chi connectivity index (χ2n) is 5.65. The maximum absolute atomic E-state index is 12.7. The molecule has 1 amide bonds. The van der Waals surface area contributed by atoms with E-state index in [2.05, 4.69) is 4.98 Å². The number of aryl methyl sites for hydroxylation is 3. The molecule has 0 N–H and O–H groups in total. The van der Waals surface area contributed by atoms with Gasteiger partial charge in [0.2, 0.25) is 5.91 Å². The van der Waals surface area contributed by atoms with E-state index in [-0.39, 0.29) is 11.8 Å². The van der Waals surface area contributed by atoms with E-state index in [4.69, 9.17) is 11.6 Å². The molecule has 1 unspecified atom stereocenters. The average molecular weight is 301 g/mol. The lowest BCUT2D eigenvalue weighted by atomic mass is 10.1. The average Bonchev–Trinajstić information content (AvgIpc) is 2.62. The first-order valence-electron chi connectivity index (χ1n) is 6.98. The third kappa shape index (κ3) is 2.12. The molecule has 0 spiro atoms. The second-order valence-corrected chi connectivity index (χ2v) is 6.09. The molecule has 1 aromatic carbocycles. The minimum absolute atomic E-state index is 0.0663. The molecule has 0 fully saturated rings. The van der Waals surface area contributed by atoms with Gasteiger partial charge in [0.1, 0.15) is 5.82 Å². The number of anilines is 2. The topological polar surface area (TPSA) is 33.2 Å². The fraction of sp³-hybridized carbons (Fsp3) is 0.294. The van der Waals surface area contributed by atoms with Crippen LogP contribution in [0.25, 0.3) is 0 Å². The Morgan fingerprint density at radius 2 is 1.76 bits per heavy atom. The molecule has 0 saturated carbocycles. The maximum Gasteiger partial charge on any atom is 0.240 e. The molecule has 1 aliphatic rings. The minimum atomic E-state index is -0.164. The van der Waals surface area contributed by atoms with Crippen molar-refractivity contribution in [1.82, 2.24) is 4.98 Å². The van der Waals surface area contributed by atoms with Gasteiger partial charge in [0.05, 0.1) is 11.6 Å². The van der Waals surface area contributed by atoms with E-state index in [0.717, 1.165) is 33.9 Å². The predicted molar refractivity (Wildman–Crippen MR) is 85.5 cm³/mol. The van der Waals surface area contributed by atoms with Crippen LogP contribution in [0.5, 0.6) is 0 Å². The molecule has 0 aliphatic carbocycles. The molecule has 1 atom stereocenters. The summed E-state index contributed by atoms with van der Waals surface area (Å²) in [6.45, 7) is 7.81. The minimum Gasteiger partial charge on any atom is -0.273 e. The highest BCUT2D eigenvalue weighted by molar-refractivity contribution is 6.31. The van der Waals surface area contributed by atoms with E-state index in [1.165, 1.54) is 0 Å². The van der Waals surface area contributed by atoms with Gasteiger partial charge in [0.15, 0.2) is 0 Å². The van der Waals surface area contributed by atoms with Gasteiger partial charge in [-0.3, -0.25) is 9.69 Å². The largest absolute Gasteiger partial charge is 0.273 e. The third-order valence-corrected chi connectivity index (χ3v) is 4.21. The number of nitrogens with zero attached hydrogens (tertiary/aromatic N) is 2.